The molecule has 3 nitrogen and oxygen atoms in total. The molecule has 3 heteroatoms. The Kier molecular flexibility index (Phi) is 2.18. The summed E-state index contributed by atoms with van der Waals surface area (Å²) >= 11 is 0. The Labute approximate surface area is 107 Å². The molecule has 0 saturated heterocycles. The molecule has 3 fully saturated rings. The molecule has 1 aromatic carbocycles. The van der Waals surface area contributed by atoms with E-state index in [1.807, 2.05) is 0 Å². The second-order valence-electron chi connectivity index (χ2n) is 6.31. The third-order valence-electron chi connectivity index (χ3n) is 4.96. The van der Waals surface area contributed by atoms with E-state index >= 15 is 0 Å². The van der Waals surface area contributed by atoms with Crippen LogP contribution in [0.15, 0.2) is 18.2 Å². The molecule has 1 unspecified atom stereocenters. The lowest BCUT2D eigenvalue weighted by atomic mass is 9.31. The maximum absolute atomic E-state index is 11.0. The van der Waals surface area contributed by atoms with Crippen LogP contribution in [-0.2, 0) is 10.2 Å². The summed E-state index contributed by atoms with van der Waals surface area (Å²) in [6.45, 7) is 4.24. The molecule has 18 heavy (non-hydrogen) atoms. The quantitative estimate of drug-likeness (QED) is 0.857. The average Bonchev–Trinajstić information content (AvgIpc) is 2.19. The van der Waals surface area contributed by atoms with E-state index in [1.54, 1.807) is 0 Å². The number of benzene rings is 1. The molecular formula is C15H19NO2. The molecule has 1 atom stereocenters. The largest absolute Gasteiger partial charge is 0.480 e. The van der Waals surface area contributed by atoms with Crippen molar-refractivity contribution in [1.29, 1.82) is 0 Å². The van der Waals surface area contributed by atoms with Crippen LogP contribution < -0.4 is 5.73 Å². The number of carbonyl (C=O) groups is 1. The van der Waals surface area contributed by atoms with Gasteiger partial charge in [0, 0.05) is 0 Å². The topological polar surface area (TPSA) is 63.3 Å². The van der Waals surface area contributed by atoms with Crippen molar-refractivity contribution in [2.45, 2.75) is 44.6 Å². The van der Waals surface area contributed by atoms with Crippen LogP contribution in [0, 0.1) is 19.3 Å². The number of carboxylic acids is 1. The molecule has 3 saturated carbocycles. The van der Waals surface area contributed by atoms with Crippen molar-refractivity contribution in [2.75, 3.05) is 0 Å². The van der Waals surface area contributed by atoms with Gasteiger partial charge in [-0.25, -0.2) is 0 Å². The summed E-state index contributed by atoms with van der Waals surface area (Å²) in [6, 6.07) is 5.85. The highest BCUT2D eigenvalue weighted by atomic mass is 16.4. The maximum atomic E-state index is 11.0. The lowest BCUT2D eigenvalue weighted by Crippen LogP contribution is -2.72. The average molecular weight is 245 g/mol. The summed E-state index contributed by atoms with van der Waals surface area (Å²) in [4.78, 5) is 11.0. The third-order valence-corrected chi connectivity index (χ3v) is 4.96. The van der Waals surface area contributed by atoms with E-state index < -0.39 is 12.0 Å². The number of hydrogen-bond donors (Lipinski definition) is 2. The van der Waals surface area contributed by atoms with Crippen LogP contribution in [0.25, 0.3) is 0 Å². The number of rotatable bonds is 3. The summed E-state index contributed by atoms with van der Waals surface area (Å²) in [7, 11) is 0. The van der Waals surface area contributed by atoms with Gasteiger partial charge in [-0.2, -0.15) is 0 Å². The molecule has 3 aliphatic rings. The van der Waals surface area contributed by atoms with E-state index in [2.05, 4.69) is 32.0 Å². The van der Waals surface area contributed by atoms with E-state index in [1.165, 1.54) is 16.7 Å². The smallest absolute Gasteiger partial charge is 0.321 e. The minimum atomic E-state index is -0.857. The van der Waals surface area contributed by atoms with Gasteiger partial charge in [0.1, 0.15) is 6.04 Å². The van der Waals surface area contributed by atoms with Crippen LogP contribution >= 0.6 is 0 Å². The normalized spacial score (nSPS) is 34.4. The molecule has 0 amide bonds. The van der Waals surface area contributed by atoms with Gasteiger partial charge in [-0.15, -0.1) is 0 Å². The number of nitrogens with two attached hydrogens (primary N) is 1. The number of aliphatic carboxylic acids is 1. The summed E-state index contributed by atoms with van der Waals surface area (Å²) < 4.78 is 0. The first-order valence-electron chi connectivity index (χ1n) is 6.45. The van der Waals surface area contributed by atoms with Gasteiger partial charge in [0.25, 0.3) is 0 Å². The fourth-order valence-corrected chi connectivity index (χ4v) is 4.05. The van der Waals surface area contributed by atoms with Crippen LogP contribution in [0.3, 0.4) is 0 Å². The zero-order valence-electron chi connectivity index (χ0n) is 10.9. The van der Waals surface area contributed by atoms with Crippen LogP contribution in [-0.4, -0.2) is 17.1 Å². The fourth-order valence-electron chi connectivity index (χ4n) is 4.05. The highest BCUT2D eigenvalue weighted by Gasteiger charge is 2.71. The summed E-state index contributed by atoms with van der Waals surface area (Å²) in [6.07, 6.45) is 2.83. The lowest BCUT2D eigenvalue weighted by molar-refractivity contribution is -0.179. The van der Waals surface area contributed by atoms with Crippen LogP contribution in [0.1, 0.15) is 36.0 Å². The first-order chi connectivity index (χ1) is 8.39. The highest BCUT2D eigenvalue weighted by molar-refractivity contribution is 5.76. The van der Waals surface area contributed by atoms with Crippen molar-refractivity contribution in [2.24, 2.45) is 11.1 Å². The molecule has 2 bridgehead atoms. The van der Waals surface area contributed by atoms with E-state index in [4.69, 9.17) is 10.8 Å². The van der Waals surface area contributed by atoms with E-state index in [0.29, 0.717) is 0 Å². The van der Waals surface area contributed by atoms with Gasteiger partial charge in [-0.3, -0.25) is 4.79 Å². The molecule has 0 heterocycles. The first-order valence-corrected chi connectivity index (χ1v) is 6.45. The Morgan fingerprint density at radius 3 is 2.50 bits per heavy atom. The predicted molar refractivity (Wildman–Crippen MR) is 69.5 cm³/mol. The molecule has 0 aromatic heterocycles. The van der Waals surface area contributed by atoms with E-state index in [0.717, 1.165) is 19.3 Å². The van der Waals surface area contributed by atoms with Crippen LogP contribution in [0.2, 0.25) is 0 Å². The second kappa shape index (κ2) is 3.35. The van der Waals surface area contributed by atoms with Crippen LogP contribution in [0.5, 0.6) is 0 Å². The third kappa shape index (κ3) is 1.31. The zero-order valence-corrected chi connectivity index (χ0v) is 10.9. The molecule has 1 aromatic rings. The molecule has 0 spiro atoms. The van der Waals surface area contributed by atoms with Crippen molar-refractivity contribution in [1.82, 2.24) is 0 Å². The summed E-state index contributed by atoms with van der Waals surface area (Å²) in [5.74, 6) is -0.857. The zero-order chi connectivity index (χ0) is 13.1. The van der Waals surface area contributed by atoms with Crippen molar-refractivity contribution < 1.29 is 9.90 Å². The lowest BCUT2D eigenvalue weighted by Gasteiger charge is -2.72. The van der Waals surface area contributed by atoms with E-state index in [-0.39, 0.29) is 10.8 Å². The molecule has 0 radical (unpaired) electrons. The monoisotopic (exact) mass is 245 g/mol. The predicted octanol–water partition coefficient (Wildman–Crippen LogP) is 2.14. The molecular weight excluding hydrogens is 226 g/mol. The first kappa shape index (κ1) is 11.7. The molecule has 96 valence electrons. The SMILES string of the molecule is Cc1ccc(C)c(C23CC(C(N)C(=O)O)(C2)C3)c1. The Hall–Kier alpha value is -1.35. The minimum Gasteiger partial charge on any atom is -0.480 e. The van der Waals surface area contributed by atoms with E-state index in [9.17, 15) is 4.79 Å². The highest BCUT2D eigenvalue weighted by Crippen LogP contribution is 2.75. The molecule has 4 rings (SSSR count). The second-order valence-corrected chi connectivity index (χ2v) is 6.31. The van der Waals surface area contributed by atoms with Gasteiger partial charge in [-0.05, 0) is 55.1 Å². The maximum Gasteiger partial charge on any atom is 0.321 e. The van der Waals surface area contributed by atoms with Gasteiger partial charge in [0.15, 0.2) is 0 Å². The van der Waals surface area contributed by atoms with Crippen LogP contribution in [0.4, 0.5) is 0 Å². The van der Waals surface area contributed by atoms with Crippen molar-refractivity contribution >= 4 is 5.97 Å². The molecule has 3 N–H and O–H groups in total. The Morgan fingerprint density at radius 1 is 1.33 bits per heavy atom. The Morgan fingerprint density at radius 2 is 1.94 bits per heavy atom. The number of hydrogen-bond acceptors (Lipinski definition) is 2. The number of carboxylic acid groups (broad SMARTS) is 1. The Balaban J connectivity index is 1.84. The molecule has 3 aliphatic carbocycles. The van der Waals surface area contributed by atoms with Crippen molar-refractivity contribution in [3.63, 3.8) is 0 Å². The van der Waals surface area contributed by atoms with Gasteiger partial charge in [-0.1, -0.05) is 23.8 Å². The van der Waals surface area contributed by atoms with Crippen molar-refractivity contribution in [3.05, 3.63) is 34.9 Å². The number of aryl methyl sites for hydroxylation is 2. The van der Waals surface area contributed by atoms with Gasteiger partial charge < -0.3 is 10.8 Å². The standard InChI is InChI=1S/C15H19NO2/c1-9-3-4-10(2)11(5-9)14-6-15(7-14,8-14)12(16)13(17)18/h3-5,12H,6-8,16H2,1-2H3,(H,17,18). The van der Waals surface area contributed by atoms with Gasteiger partial charge >= 0.3 is 5.97 Å². The summed E-state index contributed by atoms with van der Waals surface area (Å²) in [5, 5.41) is 9.04. The fraction of sp³-hybridized carbons (Fsp3) is 0.533. The summed E-state index contributed by atoms with van der Waals surface area (Å²) in [5.41, 5.74) is 9.90. The van der Waals surface area contributed by atoms with Gasteiger partial charge in [0.05, 0.1) is 0 Å². The Bertz CT molecular complexity index is 516. The minimum absolute atomic E-state index is 0.123. The molecule has 0 aliphatic heterocycles. The van der Waals surface area contributed by atoms with Crippen molar-refractivity contribution in [3.8, 4) is 0 Å². The van der Waals surface area contributed by atoms with Gasteiger partial charge in [0.2, 0.25) is 0 Å².